The van der Waals surface area contributed by atoms with Gasteiger partial charge in [0, 0.05) is 12.4 Å². The van der Waals surface area contributed by atoms with Crippen LogP contribution in [0.25, 0.3) is 10.2 Å². The van der Waals surface area contributed by atoms with Crippen LogP contribution >= 0.6 is 11.3 Å². The lowest BCUT2D eigenvalue weighted by molar-refractivity contribution is -0.118. The standard InChI is InChI=1S/C21H16FN3OS/c22-17-7-4-8-18-20(17)24-21(27-18)25(14-16-9-11-23-12-10-16)19(26)13-15-5-2-1-3-6-15/h1-12H,13-14H2. The topological polar surface area (TPSA) is 46.1 Å². The Bertz CT molecular complexity index is 1070. The first-order chi connectivity index (χ1) is 13.2. The Hall–Kier alpha value is -3.12. The Morgan fingerprint density at radius 3 is 2.48 bits per heavy atom. The van der Waals surface area contributed by atoms with E-state index < -0.39 is 0 Å². The number of pyridine rings is 1. The van der Waals surface area contributed by atoms with Gasteiger partial charge in [0.1, 0.15) is 11.3 Å². The second kappa shape index (κ2) is 7.63. The highest BCUT2D eigenvalue weighted by molar-refractivity contribution is 7.22. The number of aromatic nitrogens is 2. The minimum absolute atomic E-state index is 0.0857. The quantitative estimate of drug-likeness (QED) is 0.510. The third kappa shape index (κ3) is 3.85. The highest BCUT2D eigenvalue weighted by Crippen LogP contribution is 2.31. The number of para-hydroxylation sites is 1. The summed E-state index contributed by atoms with van der Waals surface area (Å²) in [4.78, 5) is 23.1. The van der Waals surface area contributed by atoms with Crippen LogP contribution in [0.1, 0.15) is 11.1 Å². The molecule has 4 nitrogen and oxygen atoms in total. The fourth-order valence-corrected chi connectivity index (χ4v) is 3.81. The van der Waals surface area contributed by atoms with Gasteiger partial charge in [0.05, 0.1) is 17.7 Å². The average molecular weight is 377 g/mol. The third-order valence-corrected chi connectivity index (χ3v) is 5.22. The van der Waals surface area contributed by atoms with Gasteiger partial charge < -0.3 is 0 Å². The molecule has 0 radical (unpaired) electrons. The molecule has 2 heterocycles. The summed E-state index contributed by atoms with van der Waals surface area (Å²) in [6.45, 7) is 0.357. The second-order valence-electron chi connectivity index (χ2n) is 6.08. The van der Waals surface area contributed by atoms with E-state index in [-0.39, 0.29) is 18.1 Å². The summed E-state index contributed by atoms with van der Waals surface area (Å²) in [6.07, 6.45) is 3.63. The minimum atomic E-state index is -0.380. The number of anilines is 1. The summed E-state index contributed by atoms with van der Waals surface area (Å²) in [6, 6.07) is 18.1. The lowest BCUT2D eigenvalue weighted by atomic mass is 10.1. The molecule has 0 fully saturated rings. The molecule has 2 aromatic carbocycles. The molecule has 4 rings (SSSR count). The number of carbonyl (C=O) groups is 1. The van der Waals surface area contributed by atoms with E-state index in [1.54, 1.807) is 23.4 Å². The zero-order chi connectivity index (χ0) is 18.6. The van der Waals surface area contributed by atoms with Gasteiger partial charge in [0.2, 0.25) is 5.91 Å². The van der Waals surface area contributed by atoms with Gasteiger partial charge in [-0.25, -0.2) is 9.37 Å². The van der Waals surface area contributed by atoms with Gasteiger partial charge in [-0.15, -0.1) is 0 Å². The van der Waals surface area contributed by atoms with Crippen molar-refractivity contribution >= 4 is 32.6 Å². The van der Waals surface area contributed by atoms with Crippen molar-refractivity contribution in [3.05, 3.63) is 90.0 Å². The third-order valence-electron chi connectivity index (χ3n) is 4.18. The molecule has 0 aliphatic rings. The number of rotatable bonds is 5. The monoisotopic (exact) mass is 377 g/mol. The number of benzene rings is 2. The summed E-state index contributed by atoms with van der Waals surface area (Å²) in [7, 11) is 0. The molecule has 6 heteroatoms. The Morgan fingerprint density at radius 1 is 0.963 bits per heavy atom. The van der Waals surface area contributed by atoms with Gasteiger partial charge in [-0.3, -0.25) is 14.7 Å². The normalized spacial score (nSPS) is 10.9. The molecule has 0 bridgehead atoms. The predicted molar refractivity (Wildman–Crippen MR) is 105 cm³/mol. The fraction of sp³-hybridized carbons (Fsp3) is 0.0952. The summed E-state index contributed by atoms with van der Waals surface area (Å²) < 4.78 is 14.8. The fourth-order valence-electron chi connectivity index (χ4n) is 2.82. The molecular formula is C21H16FN3OS. The Balaban J connectivity index is 1.70. The first kappa shape index (κ1) is 17.3. The number of fused-ring (bicyclic) bond motifs is 1. The molecular weight excluding hydrogens is 361 g/mol. The predicted octanol–water partition coefficient (Wildman–Crippen LogP) is 4.61. The number of carbonyl (C=O) groups excluding carboxylic acids is 1. The van der Waals surface area contributed by atoms with Gasteiger partial charge in [-0.05, 0) is 35.4 Å². The van der Waals surface area contributed by atoms with Crippen molar-refractivity contribution in [3.8, 4) is 0 Å². The van der Waals surface area contributed by atoms with Crippen molar-refractivity contribution in [1.82, 2.24) is 9.97 Å². The number of nitrogens with zero attached hydrogens (tertiary/aromatic N) is 3. The number of hydrogen-bond donors (Lipinski definition) is 0. The summed E-state index contributed by atoms with van der Waals surface area (Å²) in [5.41, 5.74) is 2.16. The van der Waals surface area contributed by atoms with Crippen LogP contribution in [0, 0.1) is 5.82 Å². The summed E-state index contributed by atoms with van der Waals surface area (Å²) in [5.74, 6) is -0.466. The largest absolute Gasteiger partial charge is 0.283 e. The molecule has 0 saturated carbocycles. The number of amides is 1. The lowest BCUT2D eigenvalue weighted by Crippen LogP contribution is -2.31. The molecule has 0 aliphatic heterocycles. The van der Waals surface area contributed by atoms with E-state index in [9.17, 15) is 9.18 Å². The molecule has 4 aromatic rings. The molecule has 0 N–H and O–H groups in total. The Labute approximate surface area is 159 Å². The van der Waals surface area contributed by atoms with E-state index in [1.165, 1.54) is 17.4 Å². The highest BCUT2D eigenvalue weighted by Gasteiger charge is 2.21. The van der Waals surface area contributed by atoms with Crippen LogP contribution in [0.3, 0.4) is 0 Å². The SMILES string of the molecule is O=C(Cc1ccccc1)N(Cc1ccncc1)c1nc2c(F)cccc2s1. The maximum absolute atomic E-state index is 14.1. The maximum atomic E-state index is 14.1. The van der Waals surface area contributed by atoms with Gasteiger partial charge in [-0.2, -0.15) is 0 Å². The van der Waals surface area contributed by atoms with Crippen LogP contribution < -0.4 is 4.90 Å². The van der Waals surface area contributed by atoms with Crippen molar-refractivity contribution in [3.63, 3.8) is 0 Å². The molecule has 0 spiro atoms. The van der Waals surface area contributed by atoms with Crippen LogP contribution in [0.15, 0.2) is 73.1 Å². The van der Waals surface area contributed by atoms with Crippen LogP contribution in [0.5, 0.6) is 0 Å². The van der Waals surface area contributed by atoms with Crippen LogP contribution in [-0.4, -0.2) is 15.9 Å². The minimum Gasteiger partial charge on any atom is -0.283 e. The summed E-state index contributed by atoms with van der Waals surface area (Å²) in [5, 5.41) is 0.493. The zero-order valence-corrected chi connectivity index (χ0v) is 15.2. The van der Waals surface area contributed by atoms with E-state index >= 15 is 0 Å². The van der Waals surface area contributed by atoms with Gasteiger partial charge in [-0.1, -0.05) is 47.7 Å². The maximum Gasteiger partial charge on any atom is 0.233 e. The molecule has 0 atom stereocenters. The molecule has 27 heavy (non-hydrogen) atoms. The number of hydrogen-bond acceptors (Lipinski definition) is 4. The van der Waals surface area contributed by atoms with Crippen molar-refractivity contribution in [2.24, 2.45) is 0 Å². The van der Waals surface area contributed by atoms with Crippen molar-refractivity contribution in [1.29, 1.82) is 0 Å². The first-order valence-electron chi connectivity index (χ1n) is 8.49. The van der Waals surface area contributed by atoms with Crippen LogP contribution in [0.2, 0.25) is 0 Å². The molecule has 134 valence electrons. The van der Waals surface area contributed by atoms with Gasteiger partial charge in [0.25, 0.3) is 0 Å². The van der Waals surface area contributed by atoms with Crippen molar-refractivity contribution in [2.45, 2.75) is 13.0 Å². The van der Waals surface area contributed by atoms with E-state index in [2.05, 4.69) is 9.97 Å². The highest BCUT2D eigenvalue weighted by atomic mass is 32.1. The van der Waals surface area contributed by atoms with Crippen LogP contribution in [-0.2, 0) is 17.8 Å². The van der Waals surface area contributed by atoms with Crippen molar-refractivity contribution < 1.29 is 9.18 Å². The smallest absolute Gasteiger partial charge is 0.233 e. The van der Waals surface area contributed by atoms with E-state index in [0.29, 0.717) is 17.2 Å². The first-order valence-corrected chi connectivity index (χ1v) is 9.30. The lowest BCUT2D eigenvalue weighted by Gasteiger charge is -2.20. The second-order valence-corrected chi connectivity index (χ2v) is 7.09. The number of thiazole rings is 1. The van der Waals surface area contributed by atoms with Gasteiger partial charge in [0.15, 0.2) is 5.13 Å². The summed E-state index contributed by atoms with van der Waals surface area (Å²) >= 11 is 1.32. The molecule has 0 aliphatic carbocycles. The van der Waals surface area contributed by atoms with Gasteiger partial charge >= 0.3 is 0 Å². The average Bonchev–Trinajstić information content (AvgIpc) is 3.13. The Morgan fingerprint density at radius 2 is 1.74 bits per heavy atom. The van der Waals surface area contributed by atoms with Crippen LogP contribution in [0.4, 0.5) is 9.52 Å². The van der Waals surface area contributed by atoms with E-state index in [0.717, 1.165) is 15.8 Å². The zero-order valence-electron chi connectivity index (χ0n) is 14.4. The van der Waals surface area contributed by atoms with E-state index in [1.807, 2.05) is 48.5 Å². The molecule has 0 saturated heterocycles. The van der Waals surface area contributed by atoms with E-state index in [4.69, 9.17) is 0 Å². The Kier molecular flexibility index (Phi) is 4.89. The molecule has 2 aromatic heterocycles. The molecule has 1 amide bonds. The molecule has 0 unspecified atom stereocenters. The number of halogens is 1. The van der Waals surface area contributed by atoms with Crippen molar-refractivity contribution in [2.75, 3.05) is 4.90 Å².